The van der Waals surface area contributed by atoms with Crippen molar-refractivity contribution < 1.29 is 0 Å². The molecule has 0 fully saturated rings. The summed E-state index contributed by atoms with van der Waals surface area (Å²) < 4.78 is 0.974. The highest BCUT2D eigenvalue weighted by atomic mass is 79.9. The molecule has 0 aliphatic carbocycles. The van der Waals surface area contributed by atoms with E-state index in [4.69, 9.17) is 0 Å². The third kappa shape index (κ3) is 3.65. The van der Waals surface area contributed by atoms with Gasteiger partial charge in [-0.25, -0.2) is 9.97 Å². The number of aryl methyl sites for hydroxylation is 1. The summed E-state index contributed by atoms with van der Waals surface area (Å²) in [4.78, 5) is 8.57. The highest BCUT2D eigenvalue weighted by Crippen LogP contribution is 2.19. The zero-order chi connectivity index (χ0) is 9.84. The van der Waals surface area contributed by atoms with Gasteiger partial charge in [-0.15, -0.1) is 0 Å². The number of rotatable bonds is 3. The summed E-state index contributed by atoms with van der Waals surface area (Å²) in [5.74, 6) is 1.75. The lowest BCUT2D eigenvalue weighted by Crippen LogP contribution is -1.95. The Balaban J connectivity index is 2.63. The maximum atomic E-state index is 4.35. The smallest absolute Gasteiger partial charge is 0.187 e. The summed E-state index contributed by atoms with van der Waals surface area (Å²) in [6.45, 7) is 6.36. The van der Waals surface area contributed by atoms with E-state index in [0.717, 1.165) is 21.1 Å². The highest BCUT2D eigenvalue weighted by molar-refractivity contribution is 9.10. The van der Waals surface area contributed by atoms with Crippen molar-refractivity contribution in [2.24, 2.45) is 5.92 Å². The van der Waals surface area contributed by atoms with Gasteiger partial charge in [-0.1, -0.05) is 25.6 Å². The van der Waals surface area contributed by atoms with Crippen LogP contribution in [0.25, 0.3) is 0 Å². The molecule has 0 aromatic carbocycles. The molecule has 0 unspecified atom stereocenters. The van der Waals surface area contributed by atoms with Crippen molar-refractivity contribution in [1.29, 1.82) is 0 Å². The van der Waals surface area contributed by atoms with Crippen molar-refractivity contribution in [2.45, 2.75) is 25.9 Å². The van der Waals surface area contributed by atoms with Crippen molar-refractivity contribution in [1.82, 2.24) is 9.97 Å². The molecule has 0 aliphatic rings. The lowest BCUT2D eigenvalue weighted by molar-refractivity contribution is 0.747. The molecule has 1 aromatic heterocycles. The molecule has 0 saturated carbocycles. The van der Waals surface area contributed by atoms with E-state index in [1.54, 1.807) is 11.8 Å². The van der Waals surface area contributed by atoms with Crippen LogP contribution < -0.4 is 0 Å². The topological polar surface area (TPSA) is 25.8 Å². The molecule has 0 atom stereocenters. The van der Waals surface area contributed by atoms with Gasteiger partial charge in [0.2, 0.25) is 0 Å². The largest absolute Gasteiger partial charge is 0.230 e. The van der Waals surface area contributed by atoms with E-state index in [-0.39, 0.29) is 0 Å². The molecular weight excluding hydrogens is 248 g/mol. The molecule has 1 aromatic rings. The maximum Gasteiger partial charge on any atom is 0.187 e. The maximum absolute atomic E-state index is 4.35. The van der Waals surface area contributed by atoms with Crippen LogP contribution in [0, 0.1) is 12.8 Å². The zero-order valence-electron chi connectivity index (χ0n) is 8.04. The number of thioether (sulfide) groups is 1. The van der Waals surface area contributed by atoms with E-state index in [1.807, 2.05) is 13.1 Å². The van der Waals surface area contributed by atoms with Crippen LogP contribution in [-0.4, -0.2) is 15.7 Å². The van der Waals surface area contributed by atoms with Crippen molar-refractivity contribution in [3.63, 3.8) is 0 Å². The molecule has 0 amide bonds. The summed E-state index contributed by atoms with van der Waals surface area (Å²) >= 11 is 5.08. The molecule has 1 rings (SSSR count). The minimum atomic E-state index is 0.678. The van der Waals surface area contributed by atoms with E-state index < -0.39 is 0 Å². The number of hydrogen-bond acceptors (Lipinski definition) is 3. The van der Waals surface area contributed by atoms with Gasteiger partial charge >= 0.3 is 0 Å². The van der Waals surface area contributed by atoms with Gasteiger partial charge in [0.25, 0.3) is 0 Å². The summed E-state index contributed by atoms with van der Waals surface area (Å²) in [5, 5.41) is 0.870. The van der Waals surface area contributed by atoms with Gasteiger partial charge in [0.05, 0.1) is 10.2 Å². The Kier molecular flexibility index (Phi) is 4.19. The van der Waals surface area contributed by atoms with Gasteiger partial charge in [-0.05, 0) is 28.8 Å². The van der Waals surface area contributed by atoms with Crippen LogP contribution in [0.4, 0.5) is 0 Å². The number of nitrogens with zero attached hydrogens (tertiary/aromatic N) is 2. The standard InChI is InChI=1S/C9H13BrN2S/c1-6(2)5-13-9-11-4-8(10)7(3)12-9/h4,6H,5H2,1-3H3. The minimum Gasteiger partial charge on any atom is -0.230 e. The SMILES string of the molecule is Cc1nc(SCC(C)C)ncc1Br. The summed E-state index contributed by atoms with van der Waals surface area (Å²) in [6.07, 6.45) is 1.81. The Morgan fingerprint density at radius 3 is 2.77 bits per heavy atom. The molecule has 0 N–H and O–H groups in total. The van der Waals surface area contributed by atoms with Crippen molar-refractivity contribution >= 4 is 27.7 Å². The van der Waals surface area contributed by atoms with E-state index in [2.05, 4.69) is 39.7 Å². The second kappa shape index (κ2) is 4.96. The van der Waals surface area contributed by atoms with Crippen LogP contribution in [0.3, 0.4) is 0 Å². The van der Waals surface area contributed by atoms with Gasteiger partial charge < -0.3 is 0 Å². The number of halogens is 1. The Bertz CT molecular complexity index is 289. The first-order chi connectivity index (χ1) is 6.09. The summed E-state index contributed by atoms with van der Waals surface area (Å²) in [7, 11) is 0. The summed E-state index contributed by atoms with van der Waals surface area (Å²) in [6, 6.07) is 0. The normalized spacial score (nSPS) is 10.8. The first-order valence-electron chi connectivity index (χ1n) is 4.21. The molecule has 72 valence electrons. The van der Waals surface area contributed by atoms with E-state index in [0.29, 0.717) is 5.92 Å². The van der Waals surface area contributed by atoms with Crippen LogP contribution in [0.15, 0.2) is 15.8 Å². The predicted molar refractivity (Wildman–Crippen MR) is 60.0 cm³/mol. The van der Waals surface area contributed by atoms with Crippen molar-refractivity contribution in [2.75, 3.05) is 5.75 Å². The Morgan fingerprint density at radius 1 is 1.54 bits per heavy atom. The van der Waals surface area contributed by atoms with E-state index in [1.165, 1.54) is 0 Å². The molecule has 0 radical (unpaired) electrons. The fraction of sp³-hybridized carbons (Fsp3) is 0.556. The van der Waals surface area contributed by atoms with E-state index >= 15 is 0 Å². The second-order valence-electron chi connectivity index (χ2n) is 3.29. The number of hydrogen-bond donors (Lipinski definition) is 0. The molecule has 1 heterocycles. The third-order valence-corrected chi connectivity index (χ3v) is 3.51. The Hall–Kier alpha value is -0.0900. The van der Waals surface area contributed by atoms with Gasteiger partial charge in [-0.3, -0.25) is 0 Å². The van der Waals surface area contributed by atoms with Gasteiger partial charge in [0.15, 0.2) is 5.16 Å². The number of aromatic nitrogens is 2. The molecule has 0 saturated heterocycles. The van der Waals surface area contributed by atoms with Crippen LogP contribution >= 0.6 is 27.7 Å². The molecule has 0 spiro atoms. The van der Waals surface area contributed by atoms with Crippen LogP contribution in [-0.2, 0) is 0 Å². The molecule has 4 heteroatoms. The second-order valence-corrected chi connectivity index (χ2v) is 5.13. The lowest BCUT2D eigenvalue weighted by atomic mass is 10.3. The van der Waals surface area contributed by atoms with Crippen molar-refractivity contribution in [3.05, 3.63) is 16.4 Å². The summed E-state index contributed by atoms with van der Waals surface area (Å²) in [5.41, 5.74) is 1.00. The van der Waals surface area contributed by atoms with Gasteiger partial charge in [0.1, 0.15) is 0 Å². The Morgan fingerprint density at radius 2 is 2.23 bits per heavy atom. The highest BCUT2D eigenvalue weighted by Gasteiger charge is 2.02. The monoisotopic (exact) mass is 260 g/mol. The first kappa shape index (κ1) is 11.0. The van der Waals surface area contributed by atoms with Crippen LogP contribution in [0.2, 0.25) is 0 Å². The van der Waals surface area contributed by atoms with Gasteiger partial charge in [0, 0.05) is 11.9 Å². The molecular formula is C9H13BrN2S. The fourth-order valence-corrected chi connectivity index (χ4v) is 1.74. The van der Waals surface area contributed by atoms with Gasteiger partial charge in [-0.2, -0.15) is 0 Å². The zero-order valence-corrected chi connectivity index (χ0v) is 10.4. The average Bonchev–Trinajstić information content (AvgIpc) is 2.07. The molecule has 2 nitrogen and oxygen atoms in total. The van der Waals surface area contributed by atoms with Crippen LogP contribution in [0.5, 0.6) is 0 Å². The molecule has 0 aliphatic heterocycles. The third-order valence-electron chi connectivity index (χ3n) is 1.44. The fourth-order valence-electron chi connectivity index (χ4n) is 0.742. The predicted octanol–water partition coefficient (Wildman–Crippen LogP) is 3.30. The Labute approximate surface area is 91.7 Å². The lowest BCUT2D eigenvalue weighted by Gasteiger charge is -2.03. The quantitative estimate of drug-likeness (QED) is 0.616. The minimum absolute atomic E-state index is 0.678. The van der Waals surface area contributed by atoms with E-state index in [9.17, 15) is 0 Å². The first-order valence-corrected chi connectivity index (χ1v) is 5.99. The molecule has 13 heavy (non-hydrogen) atoms. The molecule has 0 bridgehead atoms. The average molecular weight is 261 g/mol. The van der Waals surface area contributed by atoms with Crippen LogP contribution in [0.1, 0.15) is 19.5 Å². The van der Waals surface area contributed by atoms with Crippen molar-refractivity contribution in [3.8, 4) is 0 Å².